The van der Waals surface area contributed by atoms with E-state index in [0.717, 1.165) is 43.6 Å². The predicted molar refractivity (Wildman–Crippen MR) is 139 cm³/mol. The first-order chi connectivity index (χ1) is 16.6. The second-order valence-corrected chi connectivity index (χ2v) is 10.8. The average molecular weight is 495 g/mol. The van der Waals surface area contributed by atoms with Crippen molar-refractivity contribution in [3.63, 3.8) is 0 Å². The second kappa shape index (κ2) is 11.6. The molecule has 0 radical (unpaired) electrons. The molecule has 0 spiro atoms. The van der Waals surface area contributed by atoms with Crippen LogP contribution in [0.2, 0.25) is 5.02 Å². The standard InChI is InChI=1S/C28H35ClN4O2/c1-19-8-9-21(18-30)10-11-24(31-27(35)22-6-5-7-23(29)17-22)26(19)33-14-12-20(13-15-33)16-25(34)32-28(2,3)4/h5-7,10-11,17,20H,8-9,12-16H2,1-4H3,(H,31,35)(H,32,34). The van der Waals surface area contributed by atoms with Crippen molar-refractivity contribution in [2.45, 2.75) is 65.3 Å². The Labute approximate surface area is 213 Å². The van der Waals surface area contributed by atoms with Gasteiger partial charge < -0.3 is 15.5 Å². The molecule has 6 nitrogen and oxygen atoms in total. The largest absolute Gasteiger partial charge is 0.370 e. The highest BCUT2D eigenvalue weighted by Crippen LogP contribution is 2.30. The van der Waals surface area contributed by atoms with Crippen LogP contribution in [-0.4, -0.2) is 35.3 Å². The zero-order valence-corrected chi connectivity index (χ0v) is 21.8. The summed E-state index contributed by atoms with van der Waals surface area (Å²) in [6.45, 7) is 9.66. The number of rotatable bonds is 5. The molecule has 1 saturated heterocycles. The van der Waals surface area contributed by atoms with Gasteiger partial charge in [0.2, 0.25) is 5.91 Å². The average Bonchev–Trinajstić information content (AvgIpc) is 2.77. The van der Waals surface area contributed by atoms with Gasteiger partial charge in [0.05, 0.1) is 17.5 Å². The van der Waals surface area contributed by atoms with Crippen LogP contribution >= 0.6 is 11.6 Å². The van der Waals surface area contributed by atoms with Gasteiger partial charge in [-0.3, -0.25) is 9.59 Å². The van der Waals surface area contributed by atoms with E-state index >= 15 is 0 Å². The molecule has 0 aromatic heterocycles. The highest BCUT2D eigenvalue weighted by atomic mass is 35.5. The Balaban J connectivity index is 1.78. The van der Waals surface area contributed by atoms with Crippen molar-refractivity contribution in [2.24, 2.45) is 5.92 Å². The number of likely N-dealkylation sites (tertiary alicyclic amines) is 1. The molecule has 1 aliphatic heterocycles. The van der Waals surface area contributed by atoms with Crippen LogP contribution in [0.25, 0.3) is 0 Å². The van der Waals surface area contributed by atoms with Crippen molar-refractivity contribution in [1.82, 2.24) is 15.5 Å². The predicted octanol–water partition coefficient (Wildman–Crippen LogP) is 5.49. The number of hydrogen-bond acceptors (Lipinski definition) is 4. The molecule has 2 amide bonds. The molecular formula is C28H35ClN4O2. The number of amides is 2. The maximum atomic E-state index is 13.1. The number of nitriles is 1. The van der Waals surface area contributed by atoms with Crippen LogP contribution < -0.4 is 10.6 Å². The number of carbonyl (C=O) groups excluding carboxylic acids is 2. The number of halogens is 1. The molecule has 186 valence electrons. The van der Waals surface area contributed by atoms with Crippen LogP contribution in [0.5, 0.6) is 0 Å². The zero-order valence-electron chi connectivity index (χ0n) is 21.1. The van der Waals surface area contributed by atoms with Crippen LogP contribution in [-0.2, 0) is 4.79 Å². The minimum absolute atomic E-state index is 0.0980. The second-order valence-electron chi connectivity index (χ2n) is 10.4. The van der Waals surface area contributed by atoms with Gasteiger partial charge in [0, 0.05) is 41.2 Å². The number of benzene rings is 1. The van der Waals surface area contributed by atoms with Crippen molar-refractivity contribution in [1.29, 1.82) is 5.26 Å². The van der Waals surface area contributed by atoms with Crippen molar-refractivity contribution >= 4 is 23.4 Å². The topological polar surface area (TPSA) is 85.2 Å². The first-order valence-corrected chi connectivity index (χ1v) is 12.6. The monoisotopic (exact) mass is 494 g/mol. The zero-order chi connectivity index (χ0) is 25.6. The van der Waals surface area contributed by atoms with E-state index in [4.69, 9.17) is 11.6 Å². The lowest BCUT2D eigenvalue weighted by molar-refractivity contribution is -0.123. The van der Waals surface area contributed by atoms with Gasteiger partial charge in [-0.2, -0.15) is 5.26 Å². The van der Waals surface area contributed by atoms with Crippen LogP contribution in [0, 0.1) is 17.2 Å². The summed E-state index contributed by atoms with van der Waals surface area (Å²) in [5.41, 5.74) is 3.75. The van der Waals surface area contributed by atoms with Gasteiger partial charge in [-0.1, -0.05) is 17.7 Å². The molecule has 0 saturated carbocycles. The van der Waals surface area contributed by atoms with Crippen molar-refractivity contribution in [2.75, 3.05) is 13.1 Å². The molecule has 1 fully saturated rings. The van der Waals surface area contributed by atoms with Gasteiger partial charge in [0.1, 0.15) is 0 Å². The number of carbonyl (C=O) groups is 2. The quantitative estimate of drug-likeness (QED) is 0.566. The van der Waals surface area contributed by atoms with Gasteiger partial charge in [-0.25, -0.2) is 0 Å². The Morgan fingerprint density at radius 2 is 1.89 bits per heavy atom. The summed E-state index contributed by atoms with van der Waals surface area (Å²) in [5.74, 6) is 0.188. The Morgan fingerprint density at radius 3 is 2.51 bits per heavy atom. The van der Waals surface area contributed by atoms with E-state index in [0.29, 0.717) is 40.6 Å². The maximum Gasteiger partial charge on any atom is 0.255 e. The summed E-state index contributed by atoms with van der Waals surface area (Å²) in [6.07, 6.45) is 7.39. The number of allylic oxidation sites excluding steroid dienone is 4. The van der Waals surface area contributed by atoms with E-state index in [1.165, 1.54) is 0 Å². The molecule has 2 N–H and O–H groups in total. The van der Waals surface area contributed by atoms with E-state index in [9.17, 15) is 14.9 Å². The molecule has 2 aliphatic rings. The molecule has 1 heterocycles. The third-order valence-electron chi connectivity index (χ3n) is 6.28. The smallest absolute Gasteiger partial charge is 0.255 e. The Kier molecular flexibility index (Phi) is 8.80. The lowest BCUT2D eigenvalue weighted by Gasteiger charge is -2.37. The van der Waals surface area contributed by atoms with Crippen molar-refractivity contribution in [3.05, 3.63) is 69.5 Å². The first kappa shape index (κ1) is 26.6. The summed E-state index contributed by atoms with van der Waals surface area (Å²) in [6, 6.07) is 9.10. The summed E-state index contributed by atoms with van der Waals surface area (Å²) in [5, 5.41) is 16.1. The summed E-state index contributed by atoms with van der Waals surface area (Å²) < 4.78 is 0. The number of nitrogens with one attached hydrogen (secondary N) is 2. The molecule has 0 bridgehead atoms. The molecule has 7 heteroatoms. The van der Waals surface area contributed by atoms with Gasteiger partial charge in [0.15, 0.2) is 0 Å². The van der Waals surface area contributed by atoms with Gasteiger partial charge in [-0.15, -0.1) is 0 Å². The third-order valence-corrected chi connectivity index (χ3v) is 6.51. The molecule has 1 aromatic rings. The van der Waals surface area contributed by atoms with Crippen LogP contribution in [0.3, 0.4) is 0 Å². The van der Waals surface area contributed by atoms with Crippen molar-refractivity contribution < 1.29 is 9.59 Å². The highest BCUT2D eigenvalue weighted by molar-refractivity contribution is 6.31. The van der Waals surface area contributed by atoms with Crippen LogP contribution in [0.4, 0.5) is 0 Å². The number of hydrogen-bond donors (Lipinski definition) is 2. The van der Waals surface area contributed by atoms with E-state index in [1.807, 2.05) is 26.8 Å². The van der Waals surface area contributed by atoms with Gasteiger partial charge in [-0.05, 0) is 95.2 Å². The van der Waals surface area contributed by atoms with Gasteiger partial charge >= 0.3 is 0 Å². The lowest BCUT2D eigenvalue weighted by atomic mass is 9.91. The fourth-order valence-electron chi connectivity index (χ4n) is 4.57. The minimum Gasteiger partial charge on any atom is -0.370 e. The number of nitrogens with zero attached hydrogens (tertiary/aromatic N) is 2. The Hall–Kier alpha value is -3.04. The SMILES string of the molecule is CC1=C(N2CCC(CC(=O)NC(C)(C)C)CC2)C(NC(=O)c2cccc(Cl)c2)=CC=C(C#N)CC1. The van der Waals surface area contributed by atoms with Crippen LogP contribution in [0.15, 0.2) is 59.0 Å². The third kappa shape index (κ3) is 7.73. The fraction of sp³-hybridized carbons (Fsp3) is 0.464. The van der Waals surface area contributed by atoms with E-state index in [-0.39, 0.29) is 17.4 Å². The Morgan fingerprint density at radius 1 is 1.17 bits per heavy atom. The fourth-order valence-corrected chi connectivity index (χ4v) is 4.76. The number of piperidine rings is 1. The van der Waals surface area contributed by atoms with E-state index in [1.54, 1.807) is 30.3 Å². The first-order valence-electron chi connectivity index (χ1n) is 12.2. The Bertz CT molecular complexity index is 1100. The van der Waals surface area contributed by atoms with E-state index in [2.05, 4.69) is 28.5 Å². The molecular weight excluding hydrogens is 460 g/mol. The molecule has 0 atom stereocenters. The van der Waals surface area contributed by atoms with Crippen LogP contribution in [0.1, 0.15) is 70.2 Å². The lowest BCUT2D eigenvalue weighted by Crippen LogP contribution is -2.43. The van der Waals surface area contributed by atoms with E-state index < -0.39 is 0 Å². The minimum atomic E-state index is -0.245. The van der Waals surface area contributed by atoms with Gasteiger partial charge in [0.25, 0.3) is 5.91 Å². The van der Waals surface area contributed by atoms with Crippen molar-refractivity contribution in [3.8, 4) is 6.07 Å². The normalized spacial score (nSPS) is 17.5. The highest BCUT2D eigenvalue weighted by Gasteiger charge is 2.27. The molecule has 3 rings (SSSR count). The summed E-state index contributed by atoms with van der Waals surface area (Å²) in [4.78, 5) is 27.8. The molecule has 0 unspecified atom stereocenters. The maximum absolute atomic E-state index is 13.1. The molecule has 1 aliphatic carbocycles. The molecule has 1 aromatic carbocycles. The summed E-state index contributed by atoms with van der Waals surface area (Å²) >= 11 is 6.09. The molecule has 35 heavy (non-hydrogen) atoms. The summed E-state index contributed by atoms with van der Waals surface area (Å²) in [7, 11) is 0.